The Labute approximate surface area is 292 Å². The second-order valence-corrected chi connectivity index (χ2v) is 13.6. The van der Waals surface area contributed by atoms with Gasteiger partial charge in [-0.05, 0) is 69.8 Å². The third kappa shape index (κ3) is 4.80. The lowest BCUT2D eigenvalue weighted by atomic mass is 9.95. The smallest absolute Gasteiger partial charge is 0.160 e. The van der Waals surface area contributed by atoms with Gasteiger partial charge in [0.15, 0.2) is 5.82 Å². The van der Waals surface area contributed by atoms with Gasteiger partial charge in [-0.2, -0.15) is 0 Å². The van der Waals surface area contributed by atoms with E-state index in [1.807, 2.05) is 18.2 Å². The first-order valence-electron chi connectivity index (χ1n) is 16.7. The van der Waals surface area contributed by atoms with Crippen molar-refractivity contribution in [3.8, 4) is 56.0 Å². The Hall–Kier alpha value is -6.36. The Morgan fingerprint density at radius 2 is 1.02 bits per heavy atom. The molecule has 4 heteroatoms. The zero-order valence-electron chi connectivity index (χ0n) is 26.9. The van der Waals surface area contributed by atoms with E-state index in [9.17, 15) is 0 Å². The van der Waals surface area contributed by atoms with Gasteiger partial charge in [0, 0.05) is 32.0 Å². The van der Waals surface area contributed by atoms with Crippen molar-refractivity contribution >= 4 is 53.6 Å². The second kappa shape index (κ2) is 11.7. The maximum Gasteiger partial charge on any atom is 0.160 e. The Kier molecular flexibility index (Phi) is 6.68. The van der Waals surface area contributed by atoms with Gasteiger partial charge in [0.2, 0.25) is 0 Å². The van der Waals surface area contributed by atoms with Gasteiger partial charge in [-0.25, -0.2) is 9.97 Å². The molecule has 0 aliphatic carbocycles. The highest BCUT2D eigenvalue weighted by atomic mass is 32.1. The minimum atomic E-state index is 0.694. The van der Waals surface area contributed by atoms with Crippen LogP contribution in [0.4, 0.5) is 0 Å². The van der Waals surface area contributed by atoms with Crippen molar-refractivity contribution in [3.63, 3.8) is 0 Å². The molecule has 0 spiro atoms. The van der Waals surface area contributed by atoms with Gasteiger partial charge in [0.05, 0.1) is 15.9 Å². The summed E-state index contributed by atoms with van der Waals surface area (Å²) in [5.74, 6) is 0.694. The average Bonchev–Trinajstić information content (AvgIpc) is 3.76. The topological polar surface area (TPSA) is 38.9 Å². The van der Waals surface area contributed by atoms with Crippen molar-refractivity contribution in [2.45, 2.75) is 0 Å². The summed E-state index contributed by atoms with van der Waals surface area (Å²) in [6, 6.07) is 59.6. The zero-order valence-corrected chi connectivity index (χ0v) is 27.7. The van der Waals surface area contributed by atoms with Crippen molar-refractivity contribution < 1.29 is 4.42 Å². The van der Waals surface area contributed by atoms with Crippen LogP contribution in [-0.2, 0) is 0 Å². The molecule has 0 N–H and O–H groups in total. The largest absolute Gasteiger partial charge is 0.456 e. The highest BCUT2D eigenvalue weighted by Gasteiger charge is 2.21. The molecule has 0 fully saturated rings. The van der Waals surface area contributed by atoms with Crippen molar-refractivity contribution in [1.29, 1.82) is 0 Å². The molecule has 0 saturated carbocycles. The summed E-state index contributed by atoms with van der Waals surface area (Å²) in [4.78, 5) is 10.9. The fourth-order valence-electron chi connectivity index (χ4n) is 7.09. The van der Waals surface area contributed by atoms with Crippen molar-refractivity contribution in [1.82, 2.24) is 9.97 Å². The molecule has 3 aromatic heterocycles. The molecule has 0 saturated heterocycles. The normalized spacial score (nSPS) is 11.6. The molecule has 0 bridgehead atoms. The first kappa shape index (κ1) is 28.6. The van der Waals surface area contributed by atoms with Gasteiger partial charge < -0.3 is 4.42 Å². The van der Waals surface area contributed by atoms with E-state index in [0.717, 1.165) is 76.6 Å². The summed E-state index contributed by atoms with van der Waals surface area (Å²) in [5, 5.41) is 3.28. The van der Waals surface area contributed by atoms with E-state index in [4.69, 9.17) is 14.4 Å². The molecule has 0 atom stereocenters. The van der Waals surface area contributed by atoms with Crippen LogP contribution in [0.5, 0.6) is 0 Å². The molecule has 3 nitrogen and oxygen atoms in total. The van der Waals surface area contributed by atoms with E-state index in [-0.39, 0.29) is 0 Å². The minimum absolute atomic E-state index is 0.694. The fraction of sp³-hybridized carbons (Fsp3) is 0. The second-order valence-electron chi connectivity index (χ2n) is 12.6. The van der Waals surface area contributed by atoms with E-state index in [0.29, 0.717) is 5.82 Å². The number of aromatic nitrogens is 2. The van der Waals surface area contributed by atoms with Crippen LogP contribution < -0.4 is 0 Å². The number of rotatable bonds is 5. The Morgan fingerprint density at radius 3 is 1.72 bits per heavy atom. The molecule has 0 radical (unpaired) electrons. The molecule has 50 heavy (non-hydrogen) atoms. The molecule has 234 valence electrons. The standard InChI is InChI=1S/C46H28N2OS/c1-4-13-29(14-5-1)32-23-24-37-41(28-32)50-45-43(37)47-46(48-44(45)38-20-12-22-40-42(38)36-19-10-11-21-39(36)49-40)35-26-33(30-15-6-2-7-16-30)25-34(27-35)31-17-8-3-9-18-31/h1-28H. The first-order chi connectivity index (χ1) is 24.8. The summed E-state index contributed by atoms with van der Waals surface area (Å²) in [6.45, 7) is 0. The number of hydrogen-bond donors (Lipinski definition) is 0. The number of hydrogen-bond acceptors (Lipinski definition) is 4. The third-order valence-corrected chi connectivity index (χ3v) is 10.6. The highest BCUT2D eigenvalue weighted by Crippen LogP contribution is 2.44. The SMILES string of the molecule is c1ccc(-c2cc(-c3ccccc3)cc(-c3nc(-c4cccc5oc6ccccc6c45)c4sc5cc(-c6ccccc6)ccc5c4n3)c2)cc1. The molecule has 0 aliphatic rings. The number of furan rings is 1. The summed E-state index contributed by atoms with van der Waals surface area (Å²) >= 11 is 1.76. The van der Waals surface area contributed by atoms with Crippen molar-refractivity contribution in [3.05, 3.63) is 170 Å². The average molecular weight is 657 g/mol. The first-order valence-corrected chi connectivity index (χ1v) is 17.6. The maximum absolute atomic E-state index is 6.35. The third-order valence-electron chi connectivity index (χ3n) is 9.48. The van der Waals surface area contributed by atoms with Crippen LogP contribution in [0, 0.1) is 0 Å². The lowest BCUT2D eigenvalue weighted by Gasteiger charge is -2.12. The Balaban J connectivity index is 1.28. The summed E-state index contributed by atoms with van der Waals surface area (Å²) in [7, 11) is 0. The number of fused-ring (bicyclic) bond motifs is 6. The maximum atomic E-state index is 6.35. The Bertz CT molecular complexity index is 2800. The van der Waals surface area contributed by atoms with Gasteiger partial charge in [-0.1, -0.05) is 133 Å². The summed E-state index contributed by atoms with van der Waals surface area (Å²) < 4.78 is 8.60. The van der Waals surface area contributed by atoms with E-state index in [1.165, 1.54) is 15.8 Å². The lowest BCUT2D eigenvalue weighted by molar-refractivity contribution is 0.669. The molecule has 0 aliphatic heterocycles. The predicted octanol–water partition coefficient (Wildman–Crippen LogP) is 13.1. The van der Waals surface area contributed by atoms with Gasteiger partial charge in [0.1, 0.15) is 11.2 Å². The van der Waals surface area contributed by atoms with Crippen LogP contribution in [-0.4, -0.2) is 9.97 Å². The molecule has 3 heterocycles. The van der Waals surface area contributed by atoms with Crippen molar-refractivity contribution in [2.24, 2.45) is 0 Å². The van der Waals surface area contributed by atoms with Crippen molar-refractivity contribution in [2.75, 3.05) is 0 Å². The molecule has 10 rings (SSSR count). The van der Waals surface area contributed by atoms with Gasteiger partial charge in [-0.15, -0.1) is 11.3 Å². The highest BCUT2D eigenvalue weighted by molar-refractivity contribution is 7.26. The lowest BCUT2D eigenvalue weighted by Crippen LogP contribution is -1.95. The molecule has 10 aromatic rings. The quantitative estimate of drug-likeness (QED) is 0.185. The number of nitrogens with zero attached hydrogens (tertiary/aromatic N) is 2. The van der Waals surface area contributed by atoms with Gasteiger partial charge >= 0.3 is 0 Å². The van der Waals surface area contributed by atoms with Crippen LogP contribution in [0.2, 0.25) is 0 Å². The van der Waals surface area contributed by atoms with E-state index < -0.39 is 0 Å². The number of para-hydroxylation sites is 1. The minimum Gasteiger partial charge on any atom is -0.456 e. The summed E-state index contributed by atoms with van der Waals surface area (Å²) in [6.07, 6.45) is 0. The van der Waals surface area contributed by atoms with Crippen LogP contribution in [0.15, 0.2) is 174 Å². The molecule has 0 unspecified atom stereocenters. The monoisotopic (exact) mass is 656 g/mol. The predicted molar refractivity (Wildman–Crippen MR) is 209 cm³/mol. The van der Waals surface area contributed by atoms with Crippen LogP contribution in [0.3, 0.4) is 0 Å². The van der Waals surface area contributed by atoms with E-state index in [1.54, 1.807) is 11.3 Å². The molecular formula is C46H28N2OS. The van der Waals surface area contributed by atoms with E-state index in [2.05, 4.69) is 152 Å². The Morgan fingerprint density at radius 1 is 0.420 bits per heavy atom. The van der Waals surface area contributed by atoms with Gasteiger partial charge in [0.25, 0.3) is 0 Å². The van der Waals surface area contributed by atoms with E-state index >= 15 is 0 Å². The molecular weight excluding hydrogens is 629 g/mol. The van der Waals surface area contributed by atoms with Crippen LogP contribution in [0.1, 0.15) is 0 Å². The number of benzene rings is 7. The van der Waals surface area contributed by atoms with Gasteiger partial charge in [-0.3, -0.25) is 0 Å². The van der Waals surface area contributed by atoms with Crippen LogP contribution in [0.25, 0.3) is 98.3 Å². The summed E-state index contributed by atoms with van der Waals surface area (Å²) in [5.41, 5.74) is 12.5. The fourth-order valence-corrected chi connectivity index (χ4v) is 8.27. The number of thiophene rings is 1. The molecule has 7 aromatic carbocycles. The zero-order chi connectivity index (χ0) is 33.0. The van der Waals surface area contributed by atoms with Crippen LogP contribution >= 0.6 is 11.3 Å². The molecule has 0 amide bonds.